The Balaban J connectivity index is 2.64. The van der Waals surface area contributed by atoms with Gasteiger partial charge in [0.1, 0.15) is 0 Å². The molecular weight excluding hydrogens is 246 g/mol. The van der Waals surface area contributed by atoms with E-state index in [0.717, 1.165) is 0 Å². The molecule has 17 heavy (non-hydrogen) atoms. The van der Waals surface area contributed by atoms with E-state index in [9.17, 15) is 13.2 Å². The molecule has 2 atom stereocenters. The number of carbonyl (C=O) groups is 1. The Hall–Kier alpha value is -0.660. The van der Waals surface area contributed by atoms with Crippen LogP contribution < -0.4 is 0 Å². The standard InChI is InChI=1S/C10H19NO5S/c1-3-16-6-7-17(14,15)11-5-4-9(8(11)2)10(12)13/h8-9H,3-7H2,1-2H3,(H,12,13). The van der Waals surface area contributed by atoms with Gasteiger partial charge in [0, 0.05) is 19.2 Å². The van der Waals surface area contributed by atoms with Gasteiger partial charge in [-0.2, -0.15) is 4.31 Å². The van der Waals surface area contributed by atoms with Gasteiger partial charge in [-0.1, -0.05) is 0 Å². The Kier molecular flexibility index (Phi) is 4.91. The van der Waals surface area contributed by atoms with Crippen molar-refractivity contribution in [3.8, 4) is 0 Å². The van der Waals surface area contributed by atoms with Gasteiger partial charge in [-0.05, 0) is 20.3 Å². The first-order chi connectivity index (χ1) is 7.90. The fourth-order valence-corrected chi connectivity index (χ4v) is 3.66. The van der Waals surface area contributed by atoms with Crippen LogP contribution in [0.25, 0.3) is 0 Å². The highest BCUT2D eigenvalue weighted by molar-refractivity contribution is 7.89. The number of rotatable bonds is 6. The molecule has 0 aromatic heterocycles. The molecule has 0 aromatic carbocycles. The highest BCUT2D eigenvalue weighted by Gasteiger charge is 2.41. The molecule has 100 valence electrons. The number of carboxylic acids is 1. The van der Waals surface area contributed by atoms with Crippen molar-refractivity contribution < 1.29 is 23.1 Å². The van der Waals surface area contributed by atoms with Gasteiger partial charge in [0.05, 0.1) is 18.3 Å². The Morgan fingerprint density at radius 3 is 2.65 bits per heavy atom. The topological polar surface area (TPSA) is 83.9 Å². The molecule has 1 heterocycles. The lowest BCUT2D eigenvalue weighted by molar-refractivity contribution is -0.142. The Morgan fingerprint density at radius 1 is 1.53 bits per heavy atom. The fraction of sp³-hybridized carbons (Fsp3) is 0.900. The normalized spacial score (nSPS) is 26.2. The van der Waals surface area contributed by atoms with E-state index in [1.807, 2.05) is 0 Å². The molecule has 0 amide bonds. The van der Waals surface area contributed by atoms with Crippen LogP contribution in [0.15, 0.2) is 0 Å². The van der Waals surface area contributed by atoms with E-state index in [1.165, 1.54) is 4.31 Å². The average Bonchev–Trinajstić information content (AvgIpc) is 2.61. The summed E-state index contributed by atoms with van der Waals surface area (Å²) >= 11 is 0. The van der Waals surface area contributed by atoms with Crippen LogP contribution in [0.1, 0.15) is 20.3 Å². The molecular formula is C10H19NO5S. The fourth-order valence-electron chi connectivity index (χ4n) is 2.06. The molecule has 0 aromatic rings. The van der Waals surface area contributed by atoms with Crippen LogP contribution in [-0.4, -0.2) is 55.4 Å². The molecule has 1 saturated heterocycles. The van der Waals surface area contributed by atoms with E-state index >= 15 is 0 Å². The molecule has 0 aliphatic carbocycles. The summed E-state index contributed by atoms with van der Waals surface area (Å²) in [4.78, 5) is 10.9. The number of hydrogen-bond donors (Lipinski definition) is 1. The SMILES string of the molecule is CCOCCS(=O)(=O)N1CCC(C(=O)O)C1C. The average molecular weight is 265 g/mol. The zero-order valence-electron chi connectivity index (χ0n) is 10.1. The first kappa shape index (κ1) is 14.4. The van der Waals surface area contributed by atoms with Gasteiger partial charge in [0.2, 0.25) is 10.0 Å². The van der Waals surface area contributed by atoms with Crippen molar-refractivity contribution in [2.75, 3.05) is 25.5 Å². The molecule has 1 aliphatic heterocycles. The van der Waals surface area contributed by atoms with E-state index in [0.29, 0.717) is 13.0 Å². The number of ether oxygens (including phenoxy) is 1. The predicted molar refractivity (Wildman–Crippen MR) is 62.2 cm³/mol. The monoisotopic (exact) mass is 265 g/mol. The van der Waals surface area contributed by atoms with Crippen molar-refractivity contribution >= 4 is 16.0 Å². The van der Waals surface area contributed by atoms with Crippen LogP contribution in [0, 0.1) is 5.92 Å². The lowest BCUT2D eigenvalue weighted by Crippen LogP contribution is -2.39. The highest BCUT2D eigenvalue weighted by Crippen LogP contribution is 2.27. The van der Waals surface area contributed by atoms with Gasteiger partial charge < -0.3 is 9.84 Å². The second-order valence-electron chi connectivity index (χ2n) is 4.10. The third kappa shape index (κ3) is 3.40. The van der Waals surface area contributed by atoms with E-state index in [-0.39, 0.29) is 18.9 Å². The first-order valence-corrected chi connectivity index (χ1v) is 7.31. The van der Waals surface area contributed by atoms with Crippen molar-refractivity contribution in [1.29, 1.82) is 0 Å². The number of carboxylic acid groups (broad SMARTS) is 1. The zero-order chi connectivity index (χ0) is 13.1. The van der Waals surface area contributed by atoms with Crippen molar-refractivity contribution in [3.05, 3.63) is 0 Å². The summed E-state index contributed by atoms with van der Waals surface area (Å²) in [5.74, 6) is -1.62. The Bertz CT molecular complexity index is 367. The van der Waals surface area contributed by atoms with Crippen LogP contribution in [0.2, 0.25) is 0 Å². The summed E-state index contributed by atoms with van der Waals surface area (Å²) in [6.45, 7) is 4.35. The van der Waals surface area contributed by atoms with E-state index in [2.05, 4.69) is 0 Å². The van der Waals surface area contributed by atoms with Crippen LogP contribution in [-0.2, 0) is 19.6 Å². The van der Waals surface area contributed by atoms with Crippen LogP contribution >= 0.6 is 0 Å². The van der Waals surface area contributed by atoms with E-state index in [4.69, 9.17) is 9.84 Å². The lowest BCUT2D eigenvalue weighted by Gasteiger charge is -2.22. The van der Waals surface area contributed by atoms with Gasteiger partial charge in [-0.15, -0.1) is 0 Å². The van der Waals surface area contributed by atoms with Gasteiger partial charge in [-0.25, -0.2) is 8.42 Å². The molecule has 0 spiro atoms. The van der Waals surface area contributed by atoms with Gasteiger partial charge in [0.25, 0.3) is 0 Å². The summed E-state index contributed by atoms with van der Waals surface area (Å²) < 4.78 is 30.2. The van der Waals surface area contributed by atoms with Crippen molar-refractivity contribution in [2.45, 2.75) is 26.3 Å². The third-order valence-corrected chi connectivity index (χ3v) is 4.97. The van der Waals surface area contributed by atoms with Crippen molar-refractivity contribution in [1.82, 2.24) is 4.31 Å². The third-order valence-electron chi connectivity index (χ3n) is 3.06. The number of aliphatic carboxylic acids is 1. The summed E-state index contributed by atoms with van der Waals surface area (Å²) in [5.41, 5.74) is 0. The number of hydrogen-bond acceptors (Lipinski definition) is 4. The molecule has 1 fully saturated rings. The molecule has 1 N–H and O–H groups in total. The second-order valence-corrected chi connectivity index (χ2v) is 6.14. The maximum absolute atomic E-state index is 11.9. The molecule has 1 rings (SSSR count). The first-order valence-electron chi connectivity index (χ1n) is 5.70. The molecule has 1 aliphatic rings. The summed E-state index contributed by atoms with van der Waals surface area (Å²) in [6, 6.07) is -0.473. The Morgan fingerprint density at radius 2 is 2.18 bits per heavy atom. The second kappa shape index (κ2) is 5.79. The maximum atomic E-state index is 11.9. The number of nitrogens with zero attached hydrogens (tertiary/aromatic N) is 1. The van der Waals surface area contributed by atoms with Gasteiger partial charge in [-0.3, -0.25) is 4.79 Å². The smallest absolute Gasteiger partial charge is 0.308 e. The van der Waals surface area contributed by atoms with E-state index in [1.54, 1.807) is 13.8 Å². The van der Waals surface area contributed by atoms with Gasteiger partial charge in [0.15, 0.2) is 0 Å². The minimum absolute atomic E-state index is 0.0858. The van der Waals surface area contributed by atoms with Crippen molar-refractivity contribution in [3.63, 3.8) is 0 Å². The maximum Gasteiger partial charge on any atom is 0.308 e. The molecule has 2 unspecified atom stereocenters. The number of sulfonamides is 1. The summed E-state index contributed by atoms with van der Waals surface area (Å²) in [5, 5.41) is 8.94. The molecule has 0 radical (unpaired) electrons. The largest absolute Gasteiger partial charge is 0.481 e. The molecule has 0 saturated carbocycles. The summed E-state index contributed by atoms with van der Waals surface area (Å²) in [6.07, 6.45) is 0.379. The van der Waals surface area contributed by atoms with Crippen molar-refractivity contribution in [2.24, 2.45) is 5.92 Å². The van der Waals surface area contributed by atoms with Crippen LogP contribution in [0.5, 0.6) is 0 Å². The van der Waals surface area contributed by atoms with Crippen LogP contribution in [0.4, 0.5) is 0 Å². The predicted octanol–water partition coefficient (Wildman–Crippen LogP) is 0.148. The lowest BCUT2D eigenvalue weighted by atomic mass is 10.0. The highest BCUT2D eigenvalue weighted by atomic mass is 32.2. The van der Waals surface area contributed by atoms with E-state index < -0.39 is 28.0 Å². The quantitative estimate of drug-likeness (QED) is 0.691. The van der Waals surface area contributed by atoms with Gasteiger partial charge >= 0.3 is 5.97 Å². The Labute approximate surface area is 102 Å². The van der Waals surface area contributed by atoms with Crippen LogP contribution in [0.3, 0.4) is 0 Å². The molecule has 7 heteroatoms. The molecule has 6 nitrogen and oxygen atoms in total. The molecule has 0 bridgehead atoms. The zero-order valence-corrected chi connectivity index (χ0v) is 10.9. The minimum Gasteiger partial charge on any atom is -0.481 e. The summed E-state index contributed by atoms with van der Waals surface area (Å²) in [7, 11) is -3.40. The minimum atomic E-state index is -3.40.